The van der Waals surface area contributed by atoms with Crippen molar-refractivity contribution in [3.05, 3.63) is 23.8 Å². The fraction of sp³-hybridized carbons (Fsp3) is 0.619. The number of carbonyl (C=O) groups is 2. The first kappa shape index (κ1) is 19.2. The van der Waals surface area contributed by atoms with Crippen LogP contribution < -0.4 is 9.80 Å². The molecule has 0 N–H and O–H groups in total. The molecule has 0 unspecified atom stereocenters. The molecule has 0 radical (unpaired) electrons. The molecule has 3 saturated heterocycles. The molecule has 3 heterocycles. The monoisotopic (exact) mass is 422 g/mol. The van der Waals surface area contributed by atoms with Gasteiger partial charge in [0.1, 0.15) is 17.6 Å². The minimum Gasteiger partial charge on any atom is -0.444 e. The van der Waals surface area contributed by atoms with Crippen molar-refractivity contribution in [2.75, 3.05) is 40.9 Å². The molecule has 1 saturated carbocycles. The Morgan fingerprint density at radius 3 is 2.45 bits per heavy atom. The van der Waals surface area contributed by atoms with Gasteiger partial charge in [0.2, 0.25) is 0 Å². The molecule has 5 nitrogen and oxygen atoms in total. The van der Waals surface area contributed by atoms with Crippen molar-refractivity contribution in [2.24, 2.45) is 11.3 Å². The first-order valence-electron chi connectivity index (χ1n) is 10.3. The normalized spacial score (nSPS) is 25.4. The molecule has 1 aliphatic carbocycles. The Kier molecular flexibility index (Phi) is 4.72. The van der Waals surface area contributed by atoms with Crippen molar-refractivity contribution < 1.29 is 23.1 Å². The molecule has 4 fully saturated rings. The van der Waals surface area contributed by atoms with E-state index in [0.717, 1.165) is 30.8 Å². The van der Waals surface area contributed by atoms with E-state index in [1.807, 2.05) is 11.8 Å². The minimum absolute atomic E-state index is 0.00788. The zero-order valence-electron chi connectivity index (χ0n) is 16.2. The van der Waals surface area contributed by atoms with E-state index in [4.69, 9.17) is 4.74 Å². The van der Waals surface area contributed by atoms with Crippen molar-refractivity contribution in [3.63, 3.8) is 0 Å². The van der Waals surface area contributed by atoms with Gasteiger partial charge in [-0.1, -0.05) is 6.42 Å². The number of carbonyl (C=O) groups excluding carboxylic acids is 2. The molecule has 4 aliphatic rings. The molecule has 5 rings (SSSR count). The van der Waals surface area contributed by atoms with Crippen LogP contribution in [0.1, 0.15) is 32.1 Å². The van der Waals surface area contributed by atoms with Gasteiger partial charge in [-0.2, -0.15) is 11.8 Å². The van der Waals surface area contributed by atoms with E-state index in [2.05, 4.69) is 0 Å². The number of ketones is 1. The summed E-state index contributed by atoms with van der Waals surface area (Å²) >= 11 is 1.86. The van der Waals surface area contributed by atoms with Crippen molar-refractivity contribution in [1.29, 1.82) is 0 Å². The summed E-state index contributed by atoms with van der Waals surface area (Å²) < 4.78 is 34.7. The highest BCUT2D eigenvalue weighted by atomic mass is 32.2. The lowest BCUT2D eigenvalue weighted by Crippen LogP contribution is -2.63. The van der Waals surface area contributed by atoms with Gasteiger partial charge < -0.3 is 9.64 Å². The van der Waals surface area contributed by atoms with Gasteiger partial charge in [0.15, 0.2) is 11.6 Å². The van der Waals surface area contributed by atoms with E-state index in [9.17, 15) is 18.4 Å². The van der Waals surface area contributed by atoms with Crippen LogP contribution in [0.15, 0.2) is 12.1 Å². The summed E-state index contributed by atoms with van der Waals surface area (Å²) in [6.07, 6.45) is 2.80. The Labute approximate surface area is 172 Å². The van der Waals surface area contributed by atoms with E-state index in [1.54, 1.807) is 4.90 Å². The average Bonchev–Trinajstić information content (AvgIpc) is 2.91. The van der Waals surface area contributed by atoms with Crippen LogP contribution >= 0.6 is 11.8 Å². The average molecular weight is 422 g/mol. The number of ether oxygens (including phenoxy) is 1. The summed E-state index contributed by atoms with van der Waals surface area (Å²) in [6, 6.07) is 2.42. The Balaban J connectivity index is 1.23. The topological polar surface area (TPSA) is 49.9 Å². The van der Waals surface area contributed by atoms with Gasteiger partial charge >= 0.3 is 6.09 Å². The second kappa shape index (κ2) is 7.15. The van der Waals surface area contributed by atoms with E-state index >= 15 is 0 Å². The Morgan fingerprint density at radius 1 is 1.21 bits per heavy atom. The second-order valence-electron chi connectivity index (χ2n) is 8.86. The largest absolute Gasteiger partial charge is 0.444 e. The highest BCUT2D eigenvalue weighted by molar-refractivity contribution is 8.00. The maximum Gasteiger partial charge on any atom is 0.414 e. The molecule has 0 bridgehead atoms. The van der Waals surface area contributed by atoms with Gasteiger partial charge in [0.25, 0.3) is 0 Å². The highest BCUT2D eigenvalue weighted by Crippen LogP contribution is 2.48. The number of hydrogen-bond acceptors (Lipinski definition) is 5. The van der Waals surface area contributed by atoms with Crippen LogP contribution in [0.25, 0.3) is 0 Å². The van der Waals surface area contributed by atoms with Gasteiger partial charge in [-0.25, -0.2) is 13.6 Å². The first-order valence-corrected chi connectivity index (χ1v) is 11.4. The number of nitrogens with zero attached hydrogens (tertiary/aromatic N) is 2. The smallest absolute Gasteiger partial charge is 0.414 e. The Hall–Kier alpha value is -1.83. The molecule has 1 aromatic carbocycles. The zero-order valence-corrected chi connectivity index (χ0v) is 17.0. The number of Topliss-reactive ketones (excluding diaryl/α,β-unsaturated/α-hetero) is 1. The number of anilines is 2. The van der Waals surface area contributed by atoms with Crippen LogP contribution in [0.2, 0.25) is 0 Å². The number of cyclic esters (lactones) is 1. The van der Waals surface area contributed by atoms with Gasteiger partial charge in [0.05, 0.1) is 12.2 Å². The minimum atomic E-state index is -0.654. The number of benzene rings is 1. The standard InChI is InChI=1S/C21H24F2N2O3S/c22-16-6-14(7-17(23)19(16)24-9-21(10-24)11-29-12-21)25-8-15(28-20(25)27)4-5-18(26)13-2-1-3-13/h6-7,13,15H,1-5,8-12H2/t15-/m0/s1. The highest BCUT2D eigenvalue weighted by Gasteiger charge is 2.49. The van der Waals surface area contributed by atoms with Crippen LogP contribution in [-0.2, 0) is 9.53 Å². The van der Waals surface area contributed by atoms with E-state index in [0.29, 0.717) is 25.9 Å². The van der Waals surface area contributed by atoms with Crippen molar-refractivity contribution in [2.45, 2.75) is 38.2 Å². The molecular formula is C21H24F2N2O3S. The molecule has 0 aromatic heterocycles. The molecule has 3 aliphatic heterocycles. The summed E-state index contributed by atoms with van der Waals surface area (Å²) in [5, 5.41) is 0. The molecule has 29 heavy (non-hydrogen) atoms. The molecule has 1 spiro atoms. The lowest BCUT2D eigenvalue weighted by molar-refractivity contribution is -0.125. The molecule has 156 valence electrons. The van der Waals surface area contributed by atoms with E-state index < -0.39 is 23.8 Å². The maximum atomic E-state index is 14.7. The van der Waals surface area contributed by atoms with Crippen molar-refractivity contribution in [3.8, 4) is 0 Å². The summed E-state index contributed by atoms with van der Waals surface area (Å²) in [6.45, 7) is 1.56. The summed E-state index contributed by atoms with van der Waals surface area (Å²) in [5.74, 6) is 1.18. The van der Waals surface area contributed by atoms with Crippen LogP contribution in [0.4, 0.5) is 25.0 Å². The van der Waals surface area contributed by atoms with Crippen LogP contribution in [0.5, 0.6) is 0 Å². The van der Waals surface area contributed by atoms with Crippen LogP contribution in [0.3, 0.4) is 0 Å². The molecule has 1 aromatic rings. The number of rotatable bonds is 6. The van der Waals surface area contributed by atoms with E-state index in [1.165, 1.54) is 17.0 Å². The first-order chi connectivity index (χ1) is 13.9. The van der Waals surface area contributed by atoms with E-state index in [-0.39, 0.29) is 35.0 Å². The summed E-state index contributed by atoms with van der Waals surface area (Å²) in [5.41, 5.74) is 0.382. The predicted octanol–water partition coefficient (Wildman–Crippen LogP) is 3.99. The number of hydrogen-bond donors (Lipinski definition) is 0. The van der Waals surface area contributed by atoms with Crippen molar-refractivity contribution in [1.82, 2.24) is 0 Å². The van der Waals surface area contributed by atoms with Gasteiger partial charge in [-0.3, -0.25) is 9.69 Å². The fourth-order valence-electron chi connectivity index (χ4n) is 4.63. The second-order valence-corrected chi connectivity index (χ2v) is 9.84. The maximum absolute atomic E-state index is 14.7. The third-order valence-electron chi connectivity index (χ3n) is 6.65. The van der Waals surface area contributed by atoms with Crippen LogP contribution in [0, 0.1) is 23.0 Å². The number of halogens is 2. The van der Waals surface area contributed by atoms with Crippen LogP contribution in [-0.4, -0.2) is 49.1 Å². The Morgan fingerprint density at radius 2 is 1.90 bits per heavy atom. The summed E-state index contributed by atoms with van der Waals surface area (Å²) in [4.78, 5) is 27.3. The third kappa shape index (κ3) is 3.39. The quantitative estimate of drug-likeness (QED) is 0.694. The zero-order chi connectivity index (χ0) is 20.2. The SMILES string of the molecule is O=C(CC[C@H]1CN(c2cc(F)c(N3CC4(CSC4)C3)c(F)c2)C(=O)O1)C1CCC1. The lowest BCUT2D eigenvalue weighted by Gasteiger charge is -2.56. The number of thioether (sulfide) groups is 1. The van der Waals surface area contributed by atoms with Gasteiger partial charge in [0, 0.05) is 54.5 Å². The third-order valence-corrected chi connectivity index (χ3v) is 8.28. The molecule has 1 amide bonds. The summed E-state index contributed by atoms with van der Waals surface area (Å²) in [7, 11) is 0. The molecular weight excluding hydrogens is 398 g/mol. The molecule has 8 heteroatoms. The molecule has 1 atom stereocenters. The Bertz CT molecular complexity index is 825. The number of amides is 1. The van der Waals surface area contributed by atoms with Gasteiger partial charge in [-0.15, -0.1) is 0 Å². The lowest BCUT2D eigenvalue weighted by atomic mass is 9.80. The predicted molar refractivity (Wildman–Crippen MR) is 108 cm³/mol. The van der Waals surface area contributed by atoms with Crippen molar-refractivity contribution >= 4 is 35.0 Å². The van der Waals surface area contributed by atoms with Gasteiger partial charge in [-0.05, 0) is 19.3 Å². The fourth-order valence-corrected chi connectivity index (χ4v) is 5.77.